The molecule has 0 N–H and O–H groups in total. The van der Waals surface area contributed by atoms with Crippen molar-refractivity contribution in [3.63, 3.8) is 0 Å². The molecule has 0 bridgehead atoms. The van der Waals surface area contributed by atoms with Gasteiger partial charge in [-0.1, -0.05) is 11.6 Å². The lowest BCUT2D eigenvalue weighted by atomic mass is 10.2. The lowest BCUT2D eigenvalue weighted by molar-refractivity contribution is 0.414. The van der Waals surface area contributed by atoms with Crippen LogP contribution in [0.2, 0.25) is 5.02 Å². The van der Waals surface area contributed by atoms with Gasteiger partial charge in [-0.05, 0) is 72.8 Å². The van der Waals surface area contributed by atoms with Gasteiger partial charge in [-0.2, -0.15) is 4.98 Å². The summed E-state index contributed by atoms with van der Waals surface area (Å²) in [4.78, 5) is 8.76. The zero-order chi connectivity index (χ0) is 26.0. The van der Waals surface area contributed by atoms with E-state index in [1.54, 1.807) is 50.6 Å². The molecule has 0 spiro atoms. The van der Waals surface area contributed by atoms with Gasteiger partial charge in [-0.3, -0.25) is 0 Å². The number of nitrogens with zero attached hydrogens (tertiary/aromatic N) is 3. The Hall–Kier alpha value is -3.69. The molecule has 0 radical (unpaired) electrons. The molecular formula is C27H26ClN3O5S. The first-order valence-corrected chi connectivity index (χ1v) is 13.5. The number of halogens is 1. The summed E-state index contributed by atoms with van der Waals surface area (Å²) in [5, 5.41) is 0.339. The van der Waals surface area contributed by atoms with Crippen molar-refractivity contribution in [3.8, 4) is 23.0 Å². The number of anilines is 2. The van der Waals surface area contributed by atoms with Crippen molar-refractivity contribution in [1.29, 1.82) is 0 Å². The van der Waals surface area contributed by atoms with Gasteiger partial charge in [0.1, 0.15) is 11.5 Å². The maximum atomic E-state index is 13.7. The van der Waals surface area contributed by atoms with Crippen molar-refractivity contribution in [2.45, 2.75) is 9.92 Å². The van der Waals surface area contributed by atoms with Gasteiger partial charge in [-0.25, -0.2) is 8.42 Å². The Balaban J connectivity index is 1.47. The monoisotopic (exact) mass is 539 g/mol. The molecular weight excluding hydrogens is 514 g/mol. The number of sulfone groups is 1. The SMILES string of the molecule is COc1ccc(-c2nc(S(=O)(=O)c3ccc(Cl)cc3)c(N3CCN(c4ccc(OC)cc4)CC3)o2)cc1. The molecule has 10 heteroatoms. The first-order chi connectivity index (χ1) is 17.9. The highest BCUT2D eigenvalue weighted by molar-refractivity contribution is 7.91. The van der Waals surface area contributed by atoms with Crippen LogP contribution >= 0.6 is 11.6 Å². The van der Waals surface area contributed by atoms with E-state index in [0.717, 1.165) is 11.4 Å². The Bertz CT molecular complexity index is 1460. The number of hydrogen-bond acceptors (Lipinski definition) is 8. The number of methoxy groups -OCH3 is 2. The molecule has 1 saturated heterocycles. The molecule has 1 aliphatic heterocycles. The van der Waals surface area contributed by atoms with Crippen LogP contribution in [0.5, 0.6) is 11.5 Å². The molecule has 37 heavy (non-hydrogen) atoms. The van der Waals surface area contributed by atoms with Crippen molar-refractivity contribution >= 4 is 33.0 Å². The van der Waals surface area contributed by atoms with E-state index in [1.165, 1.54) is 12.1 Å². The lowest BCUT2D eigenvalue weighted by Gasteiger charge is -2.36. The van der Waals surface area contributed by atoms with Gasteiger partial charge in [-0.15, -0.1) is 0 Å². The molecule has 1 aliphatic rings. The Morgan fingerprint density at radius 2 is 1.32 bits per heavy atom. The van der Waals surface area contributed by atoms with Crippen LogP contribution in [0, 0.1) is 0 Å². The minimum Gasteiger partial charge on any atom is -0.497 e. The quantitative estimate of drug-likeness (QED) is 0.318. The van der Waals surface area contributed by atoms with Gasteiger partial charge in [0.25, 0.3) is 0 Å². The highest BCUT2D eigenvalue weighted by atomic mass is 35.5. The second-order valence-corrected chi connectivity index (χ2v) is 10.8. The molecule has 2 heterocycles. The Morgan fingerprint density at radius 3 is 1.89 bits per heavy atom. The predicted molar refractivity (Wildman–Crippen MR) is 143 cm³/mol. The van der Waals surface area contributed by atoms with E-state index in [0.29, 0.717) is 42.5 Å². The number of benzene rings is 3. The Morgan fingerprint density at radius 1 is 0.784 bits per heavy atom. The third-order valence-electron chi connectivity index (χ3n) is 6.30. The minimum absolute atomic E-state index is 0.101. The molecule has 4 aromatic rings. The van der Waals surface area contributed by atoms with Gasteiger partial charge in [0.05, 0.1) is 19.1 Å². The highest BCUT2D eigenvalue weighted by Gasteiger charge is 2.33. The summed E-state index contributed by atoms with van der Waals surface area (Å²) < 4.78 is 44.0. The van der Waals surface area contributed by atoms with Gasteiger partial charge >= 0.3 is 0 Å². The van der Waals surface area contributed by atoms with Crippen LogP contribution in [-0.4, -0.2) is 53.8 Å². The summed E-state index contributed by atoms with van der Waals surface area (Å²) in [7, 11) is -0.743. The van der Waals surface area contributed by atoms with Crippen molar-refractivity contribution in [2.24, 2.45) is 0 Å². The molecule has 0 saturated carbocycles. The summed E-state index contributed by atoms with van der Waals surface area (Å²) >= 11 is 5.99. The summed E-state index contributed by atoms with van der Waals surface area (Å²) in [6.07, 6.45) is 0. The average Bonchev–Trinajstić information content (AvgIpc) is 3.40. The molecule has 0 atom stereocenters. The van der Waals surface area contributed by atoms with E-state index < -0.39 is 9.84 Å². The zero-order valence-electron chi connectivity index (χ0n) is 20.4. The number of oxazole rings is 1. The number of aromatic nitrogens is 1. The lowest BCUT2D eigenvalue weighted by Crippen LogP contribution is -2.46. The van der Waals surface area contributed by atoms with Crippen LogP contribution in [0.15, 0.2) is 87.1 Å². The number of hydrogen-bond donors (Lipinski definition) is 0. The third kappa shape index (κ3) is 5.10. The van der Waals surface area contributed by atoms with Crippen LogP contribution in [0.25, 0.3) is 11.5 Å². The Kier molecular flexibility index (Phi) is 6.99. The van der Waals surface area contributed by atoms with Crippen LogP contribution in [0.3, 0.4) is 0 Å². The first kappa shape index (κ1) is 25.0. The predicted octanol–water partition coefficient (Wildman–Crippen LogP) is 5.17. The standard InChI is InChI=1S/C27H26ClN3O5S/c1-34-22-9-3-19(4-10-22)25-29-26(37(32,33)24-13-5-20(28)6-14-24)27(36-25)31-17-15-30(16-18-31)21-7-11-23(35-2)12-8-21/h3-14H,15-18H2,1-2H3. The third-order valence-corrected chi connectivity index (χ3v) is 8.22. The van der Waals surface area contributed by atoms with Crippen LogP contribution in [-0.2, 0) is 9.84 Å². The fourth-order valence-corrected chi connectivity index (χ4v) is 5.66. The highest BCUT2D eigenvalue weighted by Crippen LogP contribution is 2.36. The molecule has 0 amide bonds. The van der Waals surface area contributed by atoms with Crippen molar-refractivity contribution in [2.75, 3.05) is 50.2 Å². The fourth-order valence-electron chi connectivity index (χ4n) is 4.22. The van der Waals surface area contributed by atoms with E-state index in [1.807, 2.05) is 29.2 Å². The maximum Gasteiger partial charge on any atom is 0.236 e. The molecule has 192 valence electrons. The zero-order valence-corrected chi connectivity index (χ0v) is 22.0. The second kappa shape index (κ2) is 10.4. The van der Waals surface area contributed by atoms with E-state index >= 15 is 0 Å². The van der Waals surface area contributed by atoms with Crippen LogP contribution in [0.1, 0.15) is 0 Å². The van der Waals surface area contributed by atoms with Gasteiger partial charge in [0.15, 0.2) is 0 Å². The van der Waals surface area contributed by atoms with Gasteiger partial charge in [0.2, 0.25) is 26.6 Å². The Labute approximate surface area is 220 Å². The smallest absolute Gasteiger partial charge is 0.236 e. The summed E-state index contributed by atoms with van der Waals surface area (Å²) in [6.45, 7) is 2.50. The van der Waals surface area contributed by atoms with E-state index in [-0.39, 0.29) is 21.7 Å². The number of ether oxygens (including phenoxy) is 2. The van der Waals surface area contributed by atoms with Crippen molar-refractivity contribution in [3.05, 3.63) is 77.8 Å². The van der Waals surface area contributed by atoms with Gasteiger partial charge < -0.3 is 23.7 Å². The molecule has 0 aliphatic carbocycles. The van der Waals surface area contributed by atoms with E-state index in [2.05, 4.69) is 9.88 Å². The minimum atomic E-state index is -3.97. The van der Waals surface area contributed by atoms with Crippen molar-refractivity contribution < 1.29 is 22.3 Å². The summed E-state index contributed by atoms with van der Waals surface area (Å²) in [5.41, 5.74) is 1.72. The molecule has 3 aromatic carbocycles. The average molecular weight is 540 g/mol. The number of piperazine rings is 1. The normalized spacial score (nSPS) is 14.0. The van der Waals surface area contributed by atoms with E-state index in [4.69, 9.17) is 25.5 Å². The molecule has 1 fully saturated rings. The molecule has 5 rings (SSSR count). The van der Waals surface area contributed by atoms with Crippen LogP contribution in [0.4, 0.5) is 11.6 Å². The molecule has 0 unspecified atom stereocenters. The molecule has 1 aromatic heterocycles. The second-order valence-electron chi connectivity index (χ2n) is 8.49. The summed E-state index contributed by atoms with van der Waals surface area (Å²) in [5.74, 6) is 1.93. The maximum absolute atomic E-state index is 13.7. The van der Waals surface area contributed by atoms with Crippen molar-refractivity contribution in [1.82, 2.24) is 4.98 Å². The summed E-state index contributed by atoms with van der Waals surface area (Å²) in [6, 6.07) is 21.1. The van der Waals surface area contributed by atoms with E-state index in [9.17, 15) is 8.42 Å². The first-order valence-electron chi connectivity index (χ1n) is 11.7. The largest absolute Gasteiger partial charge is 0.497 e. The fraction of sp³-hybridized carbons (Fsp3) is 0.222. The van der Waals surface area contributed by atoms with Gasteiger partial charge in [0, 0.05) is 42.5 Å². The topological polar surface area (TPSA) is 85.1 Å². The number of rotatable bonds is 7. The molecule has 8 nitrogen and oxygen atoms in total. The van der Waals surface area contributed by atoms with Crippen LogP contribution < -0.4 is 19.3 Å².